The number of methoxy groups -OCH3 is 1. The van der Waals surface area contributed by atoms with Crippen LogP contribution in [-0.4, -0.2) is 7.11 Å². The molecule has 19 heavy (non-hydrogen) atoms. The van der Waals surface area contributed by atoms with E-state index in [1.165, 1.54) is 38.5 Å². The van der Waals surface area contributed by atoms with E-state index in [0.29, 0.717) is 0 Å². The second-order valence-electron chi connectivity index (χ2n) is 5.58. The minimum absolute atomic E-state index is 0.0420. The number of ether oxygens (including phenoxy) is 1. The Kier molecular flexibility index (Phi) is 5.53. The average molecular weight is 282 g/mol. The maximum atomic E-state index is 6.28. The molecule has 3 heteroatoms. The van der Waals surface area contributed by atoms with Crippen molar-refractivity contribution in [3.05, 3.63) is 28.8 Å². The second kappa shape index (κ2) is 7.16. The molecule has 0 spiro atoms. The molecule has 0 bridgehead atoms. The lowest BCUT2D eigenvalue weighted by Gasteiger charge is -2.23. The molecule has 0 amide bonds. The molecule has 2 N–H and O–H groups in total. The molecule has 1 aliphatic carbocycles. The van der Waals surface area contributed by atoms with Crippen molar-refractivity contribution in [3.8, 4) is 5.75 Å². The standard InChI is InChI=1S/C16H24ClNO/c1-19-13-8-9-14(15(17)11-13)16(18)10-7-12-5-3-2-4-6-12/h8-9,11-12,16H,2-7,10,18H2,1H3. The molecular weight excluding hydrogens is 258 g/mol. The van der Waals surface area contributed by atoms with Gasteiger partial charge in [0.15, 0.2) is 0 Å². The van der Waals surface area contributed by atoms with Gasteiger partial charge < -0.3 is 10.5 Å². The molecule has 0 aliphatic heterocycles. The van der Waals surface area contributed by atoms with Crippen LogP contribution in [-0.2, 0) is 0 Å². The van der Waals surface area contributed by atoms with Crippen LogP contribution in [0.2, 0.25) is 5.02 Å². The summed E-state index contributed by atoms with van der Waals surface area (Å²) in [5, 5.41) is 0.718. The summed E-state index contributed by atoms with van der Waals surface area (Å²) in [6.45, 7) is 0. The van der Waals surface area contributed by atoms with Crippen molar-refractivity contribution in [1.82, 2.24) is 0 Å². The van der Waals surface area contributed by atoms with E-state index in [1.807, 2.05) is 18.2 Å². The van der Waals surface area contributed by atoms with Crippen molar-refractivity contribution in [2.45, 2.75) is 51.0 Å². The fourth-order valence-corrected chi connectivity index (χ4v) is 3.29. The Morgan fingerprint density at radius 1 is 1.32 bits per heavy atom. The van der Waals surface area contributed by atoms with Crippen LogP contribution in [0, 0.1) is 5.92 Å². The third kappa shape index (κ3) is 4.12. The van der Waals surface area contributed by atoms with Crippen molar-refractivity contribution in [1.29, 1.82) is 0 Å². The number of hydrogen-bond donors (Lipinski definition) is 1. The molecule has 1 saturated carbocycles. The van der Waals surface area contributed by atoms with Gasteiger partial charge in [-0.15, -0.1) is 0 Å². The van der Waals surface area contributed by atoms with Crippen LogP contribution >= 0.6 is 11.6 Å². The van der Waals surface area contributed by atoms with Crippen LogP contribution in [0.15, 0.2) is 18.2 Å². The molecule has 106 valence electrons. The summed E-state index contributed by atoms with van der Waals surface area (Å²) in [5.74, 6) is 1.66. The normalized spacial score (nSPS) is 18.3. The molecular formula is C16H24ClNO. The van der Waals surface area contributed by atoms with Gasteiger partial charge in [0.2, 0.25) is 0 Å². The van der Waals surface area contributed by atoms with E-state index in [1.54, 1.807) is 7.11 Å². The molecule has 1 fully saturated rings. The van der Waals surface area contributed by atoms with Crippen molar-refractivity contribution < 1.29 is 4.74 Å². The van der Waals surface area contributed by atoms with Gasteiger partial charge in [0.1, 0.15) is 5.75 Å². The minimum Gasteiger partial charge on any atom is -0.497 e. The van der Waals surface area contributed by atoms with E-state index >= 15 is 0 Å². The molecule has 0 heterocycles. The summed E-state index contributed by atoms with van der Waals surface area (Å²) in [6, 6.07) is 5.81. The van der Waals surface area contributed by atoms with Crippen LogP contribution in [0.1, 0.15) is 56.6 Å². The summed E-state index contributed by atoms with van der Waals surface area (Å²) in [6.07, 6.45) is 9.20. The van der Waals surface area contributed by atoms with Gasteiger partial charge in [-0.25, -0.2) is 0 Å². The first kappa shape index (κ1) is 14.7. The topological polar surface area (TPSA) is 35.2 Å². The summed E-state index contributed by atoms with van der Waals surface area (Å²) >= 11 is 6.26. The quantitative estimate of drug-likeness (QED) is 0.848. The Balaban J connectivity index is 1.89. The smallest absolute Gasteiger partial charge is 0.120 e. The number of hydrogen-bond acceptors (Lipinski definition) is 2. The van der Waals surface area contributed by atoms with Gasteiger partial charge in [-0.2, -0.15) is 0 Å². The molecule has 2 rings (SSSR count). The van der Waals surface area contributed by atoms with Crippen molar-refractivity contribution in [3.63, 3.8) is 0 Å². The number of nitrogens with two attached hydrogens (primary N) is 1. The van der Waals surface area contributed by atoms with Gasteiger partial charge in [0.25, 0.3) is 0 Å². The Morgan fingerprint density at radius 2 is 2.05 bits per heavy atom. The van der Waals surface area contributed by atoms with E-state index in [9.17, 15) is 0 Å². The summed E-state index contributed by atoms with van der Waals surface area (Å²) in [4.78, 5) is 0. The van der Waals surface area contributed by atoms with Gasteiger partial charge >= 0.3 is 0 Å². The maximum Gasteiger partial charge on any atom is 0.120 e. The first-order valence-electron chi connectivity index (χ1n) is 7.29. The molecule has 1 atom stereocenters. The van der Waals surface area contributed by atoms with E-state index in [0.717, 1.165) is 28.7 Å². The average Bonchev–Trinajstić information content (AvgIpc) is 2.45. The Labute approximate surface area is 121 Å². The lowest BCUT2D eigenvalue weighted by molar-refractivity contribution is 0.324. The SMILES string of the molecule is COc1ccc(C(N)CCC2CCCCC2)c(Cl)c1. The first-order valence-corrected chi connectivity index (χ1v) is 7.67. The van der Waals surface area contributed by atoms with Gasteiger partial charge in [-0.05, 0) is 36.5 Å². The third-order valence-electron chi connectivity index (χ3n) is 4.22. The van der Waals surface area contributed by atoms with E-state index in [-0.39, 0.29) is 6.04 Å². The highest BCUT2D eigenvalue weighted by molar-refractivity contribution is 6.31. The largest absolute Gasteiger partial charge is 0.497 e. The molecule has 1 aliphatic rings. The molecule has 1 unspecified atom stereocenters. The van der Waals surface area contributed by atoms with Gasteiger partial charge in [-0.3, -0.25) is 0 Å². The van der Waals surface area contributed by atoms with Crippen LogP contribution < -0.4 is 10.5 Å². The molecule has 0 saturated heterocycles. The zero-order valence-corrected chi connectivity index (χ0v) is 12.5. The molecule has 0 radical (unpaired) electrons. The fourth-order valence-electron chi connectivity index (χ4n) is 2.98. The van der Waals surface area contributed by atoms with Crippen molar-refractivity contribution in [2.75, 3.05) is 7.11 Å². The molecule has 0 aromatic heterocycles. The summed E-state index contributed by atoms with van der Waals surface area (Å²) in [5.41, 5.74) is 7.32. The number of rotatable bonds is 5. The lowest BCUT2D eigenvalue weighted by Crippen LogP contribution is -2.14. The van der Waals surface area contributed by atoms with E-state index < -0.39 is 0 Å². The first-order chi connectivity index (χ1) is 9.20. The van der Waals surface area contributed by atoms with Crippen molar-refractivity contribution in [2.24, 2.45) is 11.7 Å². The summed E-state index contributed by atoms with van der Waals surface area (Å²) < 4.78 is 5.16. The van der Waals surface area contributed by atoms with Crippen molar-refractivity contribution >= 4 is 11.6 Å². The predicted octanol–water partition coefficient (Wildman–Crippen LogP) is 4.71. The highest BCUT2D eigenvalue weighted by atomic mass is 35.5. The number of halogens is 1. The Morgan fingerprint density at radius 3 is 2.68 bits per heavy atom. The number of benzene rings is 1. The van der Waals surface area contributed by atoms with Crippen LogP contribution in [0.5, 0.6) is 5.75 Å². The second-order valence-corrected chi connectivity index (χ2v) is 5.98. The van der Waals surface area contributed by atoms with Gasteiger partial charge in [0.05, 0.1) is 7.11 Å². The Bertz CT molecular complexity index is 402. The van der Waals surface area contributed by atoms with E-state index in [2.05, 4.69) is 0 Å². The fraction of sp³-hybridized carbons (Fsp3) is 0.625. The van der Waals surface area contributed by atoms with Gasteiger partial charge in [-0.1, -0.05) is 49.8 Å². The molecule has 1 aromatic carbocycles. The van der Waals surface area contributed by atoms with Crippen LogP contribution in [0.25, 0.3) is 0 Å². The molecule has 1 aromatic rings. The van der Waals surface area contributed by atoms with E-state index in [4.69, 9.17) is 22.1 Å². The minimum atomic E-state index is 0.0420. The maximum absolute atomic E-state index is 6.28. The lowest BCUT2D eigenvalue weighted by atomic mass is 9.84. The highest BCUT2D eigenvalue weighted by Crippen LogP contribution is 2.32. The van der Waals surface area contributed by atoms with Crippen LogP contribution in [0.3, 0.4) is 0 Å². The predicted molar refractivity (Wildman–Crippen MR) is 80.7 cm³/mol. The monoisotopic (exact) mass is 281 g/mol. The van der Waals surface area contributed by atoms with Crippen LogP contribution in [0.4, 0.5) is 0 Å². The summed E-state index contributed by atoms with van der Waals surface area (Å²) in [7, 11) is 1.65. The molecule has 2 nitrogen and oxygen atoms in total. The van der Waals surface area contributed by atoms with Gasteiger partial charge in [0, 0.05) is 11.1 Å². The Hall–Kier alpha value is -0.730. The zero-order valence-electron chi connectivity index (χ0n) is 11.7. The third-order valence-corrected chi connectivity index (χ3v) is 4.55. The highest BCUT2D eigenvalue weighted by Gasteiger charge is 2.16. The zero-order chi connectivity index (χ0) is 13.7.